The zero-order chi connectivity index (χ0) is 19.8. The van der Waals surface area contributed by atoms with Gasteiger partial charge >= 0.3 is 180 Å². The summed E-state index contributed by atoms with van der Waals surface area (Å²) >= 11 is -2.72. The van der Waals surface area contributed by atoms with E-state index >= 15 is 0 Å². The van der Waals surface area contributed by atoms with E-state index in [1.165, 1.54) is 38.8 Å². The maximum absolute atomic E-state index is 2.72. The van der Waals surface area contributed by atoms with E-state index < -0.39 is 20.3 Å². The molecule has 0 aliphatic rings. The van der Waals surface area contributed by atoms with E-state index in [2.05, 4.69) is 121 Å². The fourth-order valence-corrected chi connectivity index (χ4v) is 17.2. The van der Waals surface area contributed by atoms with Gasteiger partial charge in [0.1, 0.15) is 0 Å². The average molecular weight is 634 g/mol. The first-order valence-corrected chi connectivity index (χ1v) is 17.4. The maximum atomic E-state index is 2.33. The summed E-state index contributed by atoms with van der Waals surface area (Å²) in [6, 6.07) is 44.7. The average Bonchev–Trinajstić information content (AvgIpc) is 2.76. The van der Waals surface area contributed by atoms with Gasteiger partial charge in [-0.05, 0) is 0 Å². The molecule has 0 N–H and O–H groups in total. The topological polar surface area (TPSA) is 0 Å². The van der Waals surface area contributed by atoms with E-state index in [1.807, 2.05) is 0 Å². The molecule has 4 aromatic carbocycles. The molecule has 0 saturated carbocycles. The van der Waals surface area contributed by atoms with Gasteiger partial charge in [0.15, 0.2) is 0 Å². The van der Waals surface area contributed by atoms with Crippen LogP contribution in [0.25, 0.3) is 0 Å². The quantitative estimate of drug-likeness (QED) is 0.185. The first-order chi connectivity index (χ1) is 14.3. The first-order valence-electron chi connectivity index (χ1n) is 10.5. The van der Waals surface area contributed by atoms with Gasteiger partial charge in [-0.15, -0.1) is 0 Å². The van der Waals surface area contributed by atoms with Crippen molar-refractivity contribution in [3.05, 3.63) is 144 Å². The van der Waals surface area contributed by atoms with E-state index in [0.717, 1.165) is 0 Å². The molecule has 148 valence electrons. The first kappa shape index (κ1) is 23.3. The summed E-state index contributed by atoms with van der Waals surface area (Å²) in [5.74, 6) is 0. The van der Waals surface area contributed by atoms with Crippen LogP contribution in [0.15, 0.2) is 121 Å². The van der Waals surface area contributed by atoms with Crippen LogP contribution in [-0.4, -0.2) is 0 Å². The summed E-state index contributed by atoms with van der Waals surface area (Å²) in [6.45, 7) is 0. The van der Waals surface area contributed by atoms with Gasteiger partial charge in [0.25, 0.3) is 0 Å². The molecule has 0 fully saturated rings. The molecule has 0 aliphatic heterocycles. The SMILES string of the molecule is [Hf].c1ccc([CH2][Zr]([CH2]c2ccccc2)([CH2]c2ccccc2)[CH2]c2ccccc2)cc1. The van der Waals surface area contributed by atoms with Gasteiger partial charge in [-0.1, -0.05) is 0 Å². The molecule has 0 amide bonds. The van der Waals surface area contributed by atoms with Crippen LogP contribution in [0.3, 0.4) is 0 Å². The van der Waals surface area contributed by atoms with Crippen LogP contribution in [0, 0.1) is 0 Å². The Hall–Kier alpha value is -1.37. The Labute approximate surface area is 204 Å². The number of rotatable bonds is 8. The van der Waals surface area contributed by atoms with Crippen molar-refractivity contribution in [2.24, 2.45) is 0 Å². The molecule has 0 heterocycles. The molecule has 0 spiro atoms. The summed E-state index contributed by atoms with van der Waals surface area (Å²) in [5, 5.41) is 0. The van der Waals surface area contributed by atoms with Crippen LogP contribution in [0.4, 0.5) is 0 Å². The van der Waals surface area contributed by atoms with Crippen LogP contribution in [0.2, 0.25) is 0 Å². The molecular formula is C28H28HfZr. The van der Waals surface area contributed by atoms with Crippen LogP contribution in [-0.2, 0) is 62.6 Å². The van der Waals surface area contributed by atoms with E-state index in [9.17, 15) is 0 Å². The third kappa shape index (κ3) is 6.83. The molecule has 4 rings (SSSR count). The molecule has 0 nitrogen and oxygen atoms in total. The van der Waals surface area contributed by atoms with Crippen molar-refractivity contribution >= 4 is 0 Å². The summed E-state index contributed by atoms with van der Waals surface area (Å²) in [6.07, 6.45) is 0. The van der Waals surface area contributed by atoms with E-state index in [1.54, 1.807) is 0 Å². The van der Waals surface area contributed by atoms with Gasteiger partial charge in [-0.25, -0.2) is 0 Å². The van der Waals surface area contributed by atoms with Gasteiger partial charge in [0.2, 0.25) is 0 Å². The minimum absolute atomic E-state index is 0. The Morgan fingerprint density at radius 3 is 0.733 bits per heavy atom. The molecule has 0 atom stereocenters. The fourth-order valence-electron chi connectivity index (χ4n) is 4.49. The molecular weight excluding hydrogens is 606 g/mol. The van der Waals surface area contributed by atoms with Crippen molar-refractivity contribution in [1.82, 2.24) is 0 Å². The Morgan fingerprint density at radius 1 is 0.333 bits per heavy atom. The molecule has 30 heavy (non-hydrogen) atoms. The molecule has 2 heteroatoms. The van der Waals surface area contributed by atoms with Crippen LogP contribution >= 0.6 is 0 Å². The molecule has 0 aliphatic carbocycles. The predicted octanol–water partition coefficient (Wildman–Crippen LogP) is 6.94. The van der Waals surface area contributed by atoms with Crippen molar-refractivity contribution in [1.29, 1.82) is 0 Å². The molecule has 0 saturated heterocycles. The van der Waals surface area contributed by atoms with Crippen molar-refractivity contribution in [3.8, 4) is 0 Å². The molecule has 0 radical (unpaired) electrons. The van der Waals surface area contributed by atoms with Crippen molar-refractivity contribution in [3.63, 3.8) is 0 Å². The van der Waals surface area contributed by atoms with Crippen molar-refractivity contribution in [2.45, 2.75) is 16.5 Å². The Bertz CT molecular complexity index is 814. The number of hydrogen-bond donors (Lipinski definition) is 0. The number of benzene rings is 4. The summed E-state index contributed by atoms with van der Waals surface area (Å²) in [4.78, 5) is 0. The molecule has 0 bridgehead atoms. The van der Waals surface area contributed by atoms with Crippen molar-refractivity contribution in [2.75, 3.05) is 0 Å². The fraction of sp³-hybridized carbons (Fsp3) is 0.143. The Morgan fingerprint density at radius 2 is 0.533 bits per heavy atom. The van der Waals surface area contributed by atoms with Crippen molar-refractivity contribution < 1.29 is 46.1 Å². The summed E-state index contributed by atoms with van der Waals surface area (Å²) in [5.41, 5.74) is 6.02. The van der Waals surface area contributed by atoms with Gasteiger partial charge in [0.05, 0.1) is 0 Å². The normalized spacial score (nSPS) is 10.9. The molecule has 0 aromatic heterocycles. The zero-order valence-corrected chi connectivity index (χ0v) is 23.4. The van der Waals surface area contributed by atoms with Crippen LogP contribution < -0.4 is 0 Å². The van der Waals surface area contributed by atoms with Gasteiger partial charge in [-0.2, -0.15) is 0 Å². The van der Waals surface area contributed by atoms with E-state index in [4.69, 9.17) is 0 Å². The third-order valence-corrected chi connectivity index (χ3v) is 17.1. The molecule has 4 aromatic rings. The predicted molar refractivity (Wildman–Crippen MR) is 121 cm³/mol. The second-order valence-electron chi connectivity index (χ2n) is 8.15. The van der Waals surface area contributed by atoms with E-state index in [0.29, 0.717) is 0 Å². The van der Waals surface area contributed by atoms with Gasteiger partial charge in [-0.3, -0.25) is 0 Å². The molecule has 0 unspecified atom stereocenters. The second-order valence-corrected chi connectivity index (χ2v) is 19.0. The third-order valence-electron chi connectivity index (χ3n) is 5.69. The standard InChI is InChI=1S/4C7H7.Hf.Zr/c4*1-7-5-3-2-4-6-7;;/h4*2-6H,1H2;;. The van der Waals surface area contributed by atoms with E-state index in [-0.39, 0.29) is 25.8 Å². The monoisotopic (exact) mass is 634 g/mol. The van der Waals surface area contributed by atoms with Gasteiger partial charge < -0.3 is 0 Å². The second kappa shape index (κ2) is 11.9. The summed E-state index contributed by atoms with van der Waals surface area (Å²) in [7, 11) is 0. The van der Waals surface area contributed by atoms with Crippen LogP contribution in [0.5, 0.6) is 0 Å². The minimum atomic E-state index is -2.72. The van der Waals surface area contributed by atoms with Crippen LogP contribution in [0.1, 0.15) is 22.3 Å². The zero-order valence-electron chi connectivity index (χ0n) is 17.4. The van der Waals surface area contributed by atoms with Gasteiger partial charge in [0, 0.05) is 25.8 Å². The summed E-state index contributed by atoms with van der Waals surface area (Å²) < 4.78 is 5.09. The Balaban J connectivity index is 0.00000256. The Kier molecular flexibility index (Phi) is 9.22. The number of hydrogen-bond acceptors (Lipinski definition) is 0.